The molecule has 2 aromatic carbocycles. The fourth-order valence-corrected chi connectivity index (χ4v) is 3.15. The average molecular weight is 377 g/mol. The minimum absolute atomic E-state index is 0.272. The van der Waals surface area contributed by atoms with Crippen LogP contribution in [-0.2, 0) is 0 Å². The zero-order chi connectivity index (χ0) is 19.7. The predicted octanol–water partition coefficient (Wildman–Crippen LogP) is 1.69. The van der Waals surface area contributed by atoms with Crippen LogP contribution < -0.4 is 10.9 Å². The van der Waals surface area contributed by atoms with Crippen LogP contribution in [0.4, 0.5) is 5.69 Å². The van der Waals surface area contributed by atoms with E-state index in [-0.39, 0.29) is 18.1 Å². The Morgan fingerprint density at radius 1 is 1.11 bits per heavy atom. The summed E-state index contributed by atoms with van der Waals surface area (Å²) < 4.78 is 1.42. The number of carbonyl (C=O) groups excluding carboxylic acids is 1. The minimum Gasteiger partial charge on any atom is -0.392 e. The number of aromatic nitrogens is 2. The zero-order valence-corrected chi connectivity index (χ0v) is 15.2. The molecule has 0 fully saturated rings. The molecule has 28 heavy (non-hydrogen) atoms. The number of fused-ring (bicyclic) bond motifs is 1. The standard InChI is InChI=1S/C20H19N5O3/c1-13-16(20(28)24(23-13)14-7-3-2-4-8-14)11-21-25-18(12-26)22-17-10-6-5-9-15(17)19(25)27/h2-11,18,22-23,26H,12H2,1H3. The molecule has 0 aliphatic carbocycles. The topological polar surface area (TPSA) is 103 Å². The quantitative estimate of drug-likeness (QED) is 0.602. The van der Waals surface area contributed by atoms with Crippen LogP contribution in [0.25, 0.3) is 5.69 Å². The average Bonchev–Trinajstić information content (AvgIpc) is 3.01. The van der Waals surface area contributed by atoms with Gasteiger partial charge in [-0.15, -0.1) is 0 Å². The van der Waals surface area contributed by atoms with E-state index in [0.29, 0.717) is 28.2 Å². The number of benzene rings is 2. The van der Waals surface area contributed by atoms with Crippen molar-refractivity contribution in [2.45, 2.75) is 13.1 Å². The number of carbonyl (C=O) groups is 1. The van der Waals surface area contributed by atoms with E-state index >= 15 is 0 Å². The Kier molecular flexibility index (Phi) is 4.54. The molecule has 0 saturated carbocycles. The summed E-state index contributed by atoms with van der Waals surface area (Å²) in [6.45, 7) is 1.44. The molecule has 8 nitrogen and oxygen atoms in total. The third kappa shape index (κ3) is 2.99. The Hall–Kier alpha value is -3.65. The number of aromatic amines is 1. The van der Waals surface area contributed by atoms with Gasteiger partial charge in [0.1, 0.15) is 6.17 Å². The van der Waals surface area contributed by atoms with E-state index in [1.54, 1.807) is 25.1 Å². The molecular weight excluding hydrogens is 358 g/mol. The molecule has 1 amide bonds. The third-order valence-corrected chi connectivity index (χ3v) is 4.60. The molecule has 3 N–H and O–H groups in total. The number of nitrogens with one attached hydrogen (secondary N) is 2. The van der Waals surface area contributed by atoms with E-state index in [2.05, 4.69) is 15.5 Å². The highest BCUT2D eigenvalue weighted by Gasteiger charge is 2.31. The van der Waals surface area contributed by atoms with Crippen LogP contribution in [0.5, 0.6) is 0 Å². The summed E-state index contributed by atoms with van der Waals surface area (Å²) in [6, 6.07) is 16.2. The van der Waals surface area contributed by atoms with Gasteiger partial charge in [-0.25, -0.2) is 9.69 Å². The largest absolute Gasteiger partial charge is 0.392 e. The second-order valence-corrected chi connectivity index (χ2v) is 6.41. The molecular formula is C20H19N5O3. The van der Waals surface area contributed by atoms with Gasteiger partial charge in [0.25, 0.3) is 11.5 Å². The Morgan fingerprint density at radius 3 is 2.57 bits per heavy atom. The summed E-state index contributed by atoms with van der Waals surface area (Å²) in [5.74, 6) is -0.346. The van der Waals surface area contributed by atoms with Gasteiger partial charge in [-0.05, 0) is 31.2 Å². The SMILES string of the molecule is Cc1[nH]n(-c2ccccc2)c(=O)c1C=NN1C(=O)c2ccccc2NC1CO. The smallest absolute Gasteiger partial charge is 0.280 e. The number of anilines is 1. The summed E-state index contributed by atoms with van der Waals surface area (Å²) >= 11 is 0. The lowest BCUT2D eigenvalue weighted by Crippen LogP contribution is -2.47. The van der Waals surface area contributed by atoms with Gasteiger partial charge in [0.2, 0.25) is 0 Å². The molecule has 1 atom stereocenters. The fraction of sp³-hybridized carbons (Fsp3) is 0.150. The van der Waals surface area contributed by atoms with Crippen LogP contribution in [0, 0.1) is 6.92 Å². The Labute approximate surface area is 160 Å². The summed E-state index contributed by atoms with van der Waals surface area (Å²) in [6.07, 6.45) is 0.637. The number of aryl methyl sites for hydroxylation is 1. The van der Waals surface area contributed by atoms with Crippen molar-refractivity contribution in [3.63, 3.8) is 0 Å². The number of para-hydroxylation sites is 2. The Bertz CT molecular complexity index is 1100. The summed E-state index contributed by atoms with van der Waals surface area (Å²) in [4.78, 5) is 25.5. The maximum atomic E-state index is 12.8. The van der Waals surface area contributed by atoms with Crippen LogP contribution in [0.2, 0.25) is 0 Å². The molecule has 2 heterocycles. The highest BCUT2D eigenvalue weighted by molar-refractivity contribution is 6.02. The maximum Gasteiger partial charge on any atom is 0.280 e. The predicted molar refractivity (Wildman–Crippen MR) is 106 cm³/mol. The van der Waals surface area contributed by atoms with Crippen LogP contribution in [-0.4, -0.2) is 44.8 Å². The number of amides is 1. The van der Waals surface area contributed by atoms with Gasteiger partial charge in [0.05, 0.1) is 29.6 Å². The third-order valence-electron chi connectivity index (χ3n) is 4.60. The van der Waals surface area contributed by atoms with Crippen LogP contribution >= 0.6 is 0 Å². The Morgan fingerprint density at radius 2 is 1.82 bits per heavy atom. The van der Waals surface area contributed by atoms with Crippen molar-refractivity contribution < 1.29 is 9.90 Å². The molecule has 0 saturated heterocycles. The van der Waals surface area contributed by atoms with Crippen molar-refractivity contribution in [1.82, 2.24) is 14.8 Å². The molecule has 1 unspecified atom stereocenters. The van der Waals surface area contributed by atoms with Gasteiger partial charge in [-0.3, -0.25) is 14.7 Å². The minimum atomic E-state index is -0.714. The number of aliphatic hydroxyl groups is 1. The first-order chi connectivity index (χ1) is 13.6. The molecule has 4 rings (SSSR count). The zero-order valence-electron chi connectivity index (χ0n) is 15.2. The van der Waals surface area contributed by atoms with Crippen molar-refractivity contribution in [3.05, 3.63) is 81.8 Å². The summed E-state index contributed by atoms with van der Waals surface area (Å²) in [5.41, 5.74) is 2.49. The molecule has 142 valence electrons. The highest BCUT2D eigenvalue weighted by atomic mass is 16.3. The van der Waals surface area contributed by atoms with Crippen LogP contribution in [0.15, 0.2) is 64.5 Å². The lowest BCUT2D eigenvalue weighted by Gasteiger charge is -2.33. The van der Waals surface area contributed by atoms with E-state index in [1.807, 2.05) is 36.4 Å². The van der Waals surface area contributed by atoms with Crippen molar-refractivity contribution >= 4 is 17.8 Å². The van der Waals surface area contributed by atoms with E-state index < -0.39 is 6.17 Å². The molecule has 8 heteroatoms. The van der Waals surface area contributed by atoms with Crippen molar-refractivity contribution in [2.24, 2.45) is 5.10 Å². The summed E-state index contributed by atoms with van der Waals surface area (Å²) in [7, 11) is 0. The van der Waals surface area contributed by atoms with Crippen LogP contribution in [0.3, 0.4) is 0 Å². The highest BCUT2D eigenvalue weighted by Crippen LogP contribution is 2.25. The molecule has 1 aromatic heterocycles. The van der Waals surface area contributed by atoms with Crippen molar-refractivity contribution in [2.75, 3.05) is 11.9 Å². The number of aliphatic hydroxyl groups excluding tert-OH is 1. The van der Waals surface area contributed by atoms with E-state index in [9.17, 15) is 14.7 Å². The first kappa shape index (κ1) is 17.7. The number of hydrogen-bond acceptors (Lipinski definition) is 5. The van der Waals surface area contributed by atoms with Gasteiger partial charge in [-0.1, -0.05) is 30.3 Å². The van der Waals surface area contributed by atoms with E-state index in [0.717, 1.165) is 5.01 Å². The van der Waals surface area contributed by atoms with Gasteiger partial charge in [0, 0.05) is 11.4 Å². The van der Waals surface area contributed by atoms with Gasteiger partial charge < -0.3 is 10.4 Å². The fourth-order valence-electron chi connectivity index (χ4n) is 3.15. The lowest BCUT2D eigenvalue weighted by molar-refractivity contribution is 0.0621. The Balaban J connectivity index is 1.69. The number of hydrazone groups is 1. The van der Waals surface area contributed by atoms with Crippen LogP contribution in [0.1, 0.15) is 21.6 Å². The van der Waals surface area contributed by atoms with E-state index in [4.69, 9.17) is 0 Å². The van der Waals surface area contributed by atoms with Gasteiger partial charge in [0.15, 0.2) is 0 Å². The molecule has 0 bridgehead atoms. The van der Waals surface area contributed by atoms with Gasteiger partial charge in [-0.2, -0.15) is 5.10 Å². The number of hydrogen-bond donors (Lipinski definition) is 3. The van der Waals surface area contributed by atoms with E-state index in [1.165, 1.54) is 10.9 Å². The second kappa shape index (κ2) is 7.16. The number of H-pyrrole nitrogens is 1. The number of nitrogens with zero attached hydrogens (tertiary/aromatic N) is 3. The van der Waals surface area contributed by atoms with Crippen molar-refractivity contribution in [3.8, 4) is 5.69 Å². The molecule has 1 aliphatic rings. The summed E-state index contributed by atoms with van der Waals surface area (Å²) in [5, 5.41) is 21.1. The molecule has 0 spiro atoms. The van der Waals surface area contributed by atoms with Crippen molar-refractivity contribution in [1.29, 1.82) is 0 Å². The molecule has 0 radical (unpaired) electrons. The first-order valence-electron chi connectivity index (χ1n) is 8.81. The van der Waals surface area contributed by atoms with Gasteiger partial charge >= 0.3 is 0 Å². The first-order valence-corrected chi connectivity index (χ1v) is 8.81. The normalized spacial score (nSPS) is 16.3. The lowest BCUT2D eigenvalue weighted by atomic mass is 10.1. The monoisotopic (exact) mass is 377 g/mol. The maximum absolute atomic E-state index is 12.8. The molecule has 1 aliphatic heterocycles. The number of rotatable bonds is 4. The second-order valence-electron chi connectivity index (χ2n) is 6.41. The molecule has 3 aromatic rings.